The number of nitrogens with zero attached hydrogens (tertiary/aromatic N) is 2. The number of carbonyl (C=O) groups excluding carboxylic acids is 1. The van der Waals surface area contributed by atoms with Gasteiger partial charge in [-0.25, -0.2) is 13.6 Å². The molecule has 0 radical (unpaired) electrons. The van der Waals surface area contributed by atoms with E-state index in [9.17, 15) is 18.7 Å². The first-order chi connectivity index (χ1) is 12.4. The van der Waals surface area contributed by atoms with Gasteiger partial charge in [0.1, 0.15) is 11.8 Å². The summed E-state index contributed by atoms with van der Waals surface area (Å²) in [5, 5.41) is 19.4. The Hall–Kier alpha value is -1.97. The normalized spacial score (nSPS) is 22.7. The Morgan fingerprint density at radius 2 is 1.92 bits per heavy atom. The zero-order chi connectivity index (χ0) is 18.9. The van der Waals surface area contributed by atoms with Gasteiger partial charge in [0.15, 0.2) is 11.6 Å². The molecule has 0 bridgehead atoms. The molecule has 2 aliphatic heterocycles. The van der Waals surface area contributed by atoms with Crippen LogP contribution in [-0.2, 0) is 9.47 Å². The van der Waals surface area contributed by atoms with E-state index in [1.54, 1.807) is 0 Å². The maximum absolute atomic E-state index is 14.6. The molecule has 0 aromatic heterocycles. The van der Waals surface area contributed by atoms with Crippen molar-refractivity contribution in [2.24, 2.45) is 0 Å². The molecule has 0 spiro atoms. The predicted molar refractivity (Wildman–Crippen MR) is 89.3 cm³/mol. The number of hydrogen-bond donors (Lipinski definition) is 2. The van der Waals surface area contributed by atoms with Gasteiger partial charge in [-0.3, -0.25) is 4.90 Å². The quantitative estimate of drug-likeness (QED) is 0.810. The topological polar surface area (TPSA) is 82.5 Å². The second-order valence-electron chi connectivity index (χ2n) is 6.70. The van der Waals surface area contributed by atoms with E-state index in [1.807, 2.05) is 0 Å². The molecule has 2 fully saturated rings. The highest BCUT2D eigenvalue weighted by atomic mass is 19.1. The van der Waals surface area contributed by atoms with Crippen molar-refractivity contribution in [3.05, 3.63) is 23.8 Å². The molecule has 3 rings (SSSR count). The SMILES string of the molecule is COCC1(O)CCN(c2c(F)cc(N3C[C@H](CO)OC3=O)cc2F)CC1. The van der Waals surface area contributed by atoms with Gasteiger partial charge in [0.2, 0.25) is 0 Å². The van der Waals surface area contributed by atoms with Gasteiger partial charge in [0, 0.05) is 32.3 Å². The van der Waals surface area contributed by atoms with Crippen LogP contribution in [0.4, 0.5) is 25.0 Å². The fourth-order valence-corrected chi connectivity index (χ4v) is 3.40. The number of amides is 1. The van der Waals surface area contributed by atoms with Crippen LogP contribution in [0.15, 0.2) is 12.1 Å². The fourth-order valence-electron chi connectivity index (χ4n) is 3.40. The third-order valence-electron chi connectivity index (χ3n) is 4.81. The summed E-state index contributed by atoms with van der Waals surface area (Å²) >= 11 is 0. The van der Waals surface area contributed by atoms with E-state index in [0.717, 1.165) is 17.0 Å². The molecular weight excluding hydrogens is 350 g/mol. The second-order valence-corrected chi connectivity index (χ2v) is 6.70. The summed E-state index contributed by atoms with van der Waals surface area (Å²) in [6, 6.07) is 2.16. The molecule has 1 aromatic carbocycles. The van der Waals surface area contributed by atoms with Crippen LogP contribution in [0, 0.1) is 11.6 Å². The standard InChI is InChI=1S/C17H22F2N2O5/c1-25-10-17(24)2-4-20(5-3-17)15-13(18)6-11(7-14(15)19)21-8-12(9-22)26-16(21)23/h6-7,12,22,24H,2-5,8-10H2,1H3/t12-/m1/s1. The molecule has 1 atom stereocenters. The lowest BCUT2D eigenvalue weighted by Gasteiger charge is -2.39. The Bertz CT molecular complexity index is 656. The molecule has 0 unspecified atom stereocenters. The van der Waals surface area contributed by atoms with Crippen LogP contribution in [0.25, 0.3) is 0 Å². The van der Waals surface area contributed by atoms with Crippen LogP contribution < -0.4 is 9.80 Å². The lowest BCUT2D eigenvalue weighted by molar-refractivity contribution is -0.0473. The molecular formula is C17H22F2N2O5. The molecule has 2 aliphatic rings. The summed E-state index contributed by atoms with van der Waals surface area (Å²) in [5.74, 6) is -1.59. The largest absolute Gasteiger partial charge is 0.441 e. The van der Waals surface area contributed by atoms with Crippen LogP contribution in [0.2, 0.25) is 0 Å². The van der Waals surface area contributed by atoms with Gasteiger partial charge in [-0.1, -0.05) is 0 Å². The number of cyclic esters (lactones) is 1. The first-order valence-corrected chi connectivity index (χ1v) is 8.41. The van der Waals surface area contributed by atoms with Crippen molar-refractivity contribution in [1.82, 2.24) is 0 Å². The molecule has 144 valence electrons. The van der Waals surface area contributed by atoms with Crippen molar-refractivity contribution in [3.8, 4) is 0 Å². The lowest BCUT2D eigenvalue weighted by Crippen LogP contribution is -2.47. The van der Waals surface area contributed by atoms with E-state index in [-0.39, 0.29) is 44.2 Å². The van der Waals surface area contributed by atoms with Crippen LogP contribution in [-0.4, -0.2) is 68.0 Å². The van der Waals surface area contributed by atoms with Crippen LogP contribution in [0.3, 0.4) is 0 Å². The number of ether oxygens (including phenoxy) is 2. The minimum atomic E-state index is -0.989. The van der Waals surface area contributed by atoms with Gasteiger partial charge >= 0.3 is 6.09 Å². The number of methoxy groups -OCH3 is 1. The average molecular weight is 372 g/mol. The molecule has 0 aliphatic carbocycles. The number of aliphatic hydroxyl groups excluding tert-OH is 1. The smallest absolute Gasteiger partial charge is 0.414 e. The molecule has 1 aromatic rings. The molecule has 2 saturated heterocycles. The van der Waals surface area contributed by atoms with Gasteiger partial charge in [0.05, 0.1) is 31.0 Å². The highest BCUT2D eigenvalue weighted by Gasteiger charge is 2.36. The van der Waals surface area contributed by atoms with Gasteiger partial charge in [0.25, 0.3) is 0 Å². The van der Waals surface area contributed by atoms with Crippen molar-refractivity contribution >= 4 is 17.5 Å². The van der Waals surface area contributed by atoms with Crippen molar-refractivity contribution in [3.63, 3.8) is 0 Å². The molecule has 0 saturated carbocycles. The Labute approximate surface area is 149 Å². The molecule has 2 N–H and O–H groups in total. The molecule has 9 heteroatoms. The van der Waals surface area contributed by atoms with Crippen molar-refractivity contribution in [2.75, 3.05) is 49.8 Å². The second kappa shape index (κ2) is 7.34. The number of aliphatic hydroxyl groups is 2. The highest BCUT2D eigenvalue weighted by Crippen LogP contribution is 2.34. The van der Waals surface area contributed by atoms with Gasteiger partial charge in [-0.15, -0.1) is 0 Å². The third kappa shape index (κ3) is 3.60. The van der Waals surface area contributed by atoms with Gasteiger partial charge in [-0.05, 0) is 12.8 Å². The van der Waals surface area contributed by atoms with Crippen molar-refractivity contribution < 1.29 is 33.3 Å². The molecule has 2 heterocycles. The number of anilines is 2. The Morgan fingerprint density at radius 1 is 1.31 bits per heavy atom. The number of piperidine rings is 1. The van der Waals surface area contributed by atoms with E-state index in [4.69, 9.17) is 14.6 Å². The van der Waals surface area contributed by atoms with Crippen LogP contribution in [0.5, 0.6) is 0 Å². The average Bonchev–Trinajstić information content (AvgIpc) is 2.97. The van der Waals surface area contributed by atoms with E-state index in [1.165, 1.54) is 12.0 Å². The third-order valence-corrected chi connectivity index (χ3v) is 4.81. The van der Waals surface area contributed by atoms with E-state index < -0.39 is 29.4 Å². The van der Waals surface area contributed by atoms with E-state index in [0.29, 0.717) is 12.8 Å². The van der Waals surface area contributed by atoms with E-state index >= 15 is 0 Å². The van der Waals surface area contributed by atoms with Crippen LogP contribution >= 0.6 is 0 Å². The zero-order valence-electron chi connectivity index (χ0n) is 14.5. The Balaban J connectivity index is 1.78. The first kappa shape index (κ1) is 18.8. The summed E-state index contributed by atoms with van der Waals surface area (Å²) in [4.78, 5) is 14.4. The maximum Gasteiger partial charge on any atom is 0.414 e. The summed E-state index contributed by atoms with van der Waals surface area (Å²) in [7, 11) is 1.49. The van der Waals surface area contributed by atoms with Crippen molar-refractivity contribution in [2.45, 2.75) is 24.5 Å². The number of rotatable bonds is 5. The molecule has 26 heavy (non-hydrogen) atoms. The van der Waals surface area contributed by atoms with E-state index in [2.05, 4.69) is 0 Å². The van der Waals surface area contributed by atoms with Gasteiger partial charge in [-0.2, -0.15) is 0 Å². The Kier molecular flexibility index (Phi) is 5.31. The maximum atomic E-state index is 14.6. The summed E-state index contributed by atoms with van der Waals surface area (Å²) in [5.41, 5.74) is -1.13. The predicted octanol–water partition coefficient (Wildman–Crippen LogP) is 1.26. The minimum absolute atomic E-state index is 0.0291. The summed E-state index contributed by atoms with van der Waals surface area (Å²) in [6.45, 7) is 0.412. The molecule has 1 amide bonds. The summed E-state index contributed by atoms with van der Waals surface area (Å²) < 4.78 is 39.1. The highest BCUT2D eigenvalue weighted by molar-refractivity contribution is 5.90. The fraction of sp³-hybridized carbons (Fsp3) is 0.588. The number of carbonyl (C=O) groups is 1. The van der Waals surface area contributed by atoms with Crippen molar-refractivity contribution in [1.29, 1.82) is 0 Å². The number of halogens is 2. The molecule has 7 nitrogen and oxygen atoms in total. The lowest BCUT2D eigenvalue weighted by atomic mass is 9.92. The van der Waals surface area contributed by atoms with Crippen LogP contribution in [0.1, 0.15) is 12.8 Å². The Morgan fingerprint density at radius 3 is 2.42 bits per heavy atom. The zero-order valence-corrected chi connectivity index (χ0v) is 14.5. The number of hydrogen-bond acceptors (Lipinski definition) is 6. The first-order valence-electron chi connectivity index (χ1n) is 8.41. The van der Waals surface area contributed by atoms with Gasteiger partial charge < -0.3 is 24.6 Å². The number of benzene rings is 1. The summed E-state index contributed by atoms with van der Waals surface area (Å²) in [6.07, 6.45) is -0.803. The minimum Gasteiger partial charge on any atom is -0.441 e. The monoisotopic (exact) mass is 372 g/mol.